The highest BCUT2D eigenvalue weighted by Crippen LogP contribution is 2.27. The number of rotatable bonds is 8. The second kappa shape index (κ2) is 6.89. The van der Waals surface area contributed by atoms with Crippen molar-refractivity contribution >= 4 is 0 Å². The zero-order chi connectivity index (χ0) is 14.7. The summed E-state index contributed by atoms with van der Waals surface area (Å²) in [6.07, 6.45) is 6.66. The zero-order valence-electron chi connectivity index (χ0n) is 13.1. The van der Waals surface area contributed by atoms with Crippen molar-refractivity contribution in [1.82, 2.24) is 10.2 Å². The quantitative estimate of drug-likeness (QED) is 0.785. The number of hydrogen-bond donors (Lipinski definition) is 1. The predicted molar refractivity (Wildman–Crippen MR) is 84.6 cm³/mol. The van der Waals surface area contributed by atoms with Gasteiger partial charge in [0, 0.05) is 31.2 Å². The first kappa shape index (κ1) is 15.0. The van der Waals surface area contributed by atoms with Gasteiger partial charge in [-0.1, -0.05) is 25.5 Å². The van der Waals surface area contributed by atoms with Gasteiger partial charge in [0.1, 0.15) is 5.82 Å². The fourth-order valence-corrected chi connectivity index (χ4v) is 3.00. The van der Waals surface area contributed by atoms with Crippen molar-refractivity contribution in [2.24, 2.45) is 5.92 Å². The fourth-order valence-electron chi connectivity index (χ4n) is 3.00. The molecule has 0 amide bonds. The fraction of sp³-hybridized carbons (Fsp3) is 0.667. The SMILES string of the molecule is CCN(Cc1cc(CNC2CC2)ccc1F)CC1CCC1. The molecule has 1 N–H and O–H groups in total. The number of benzene rings is 1. The van der Waals surface area contributed by atoms with Gasteiger partial charge in [-0.05, 0) is 49.8 Å². The third kappa shape index (κ3) is 4.27. The molecule has 0 spiro atoms. The van der Waals surface area contributed by atoms with Gasteiger partial charge in [-0.2, -0.15) is 0 Å². The Morgan fingerprint density at radius 2 is 2.05 bits per heavy atom. The van der Waals surface area contributed by atoms with Gasteiger partial charge >= 0.3 is 0 Å². The Morgan fingerprint density at radius 3 is 2.67 bits per heavy atom. The third-order valence-corrected chi connectivity index (χ3v) is 4.86. The Morgan fingerprint density at radius 1 is 1.24 bits per heavy atom. The molecule has 2 aliphatic carbocycles. The molecule has 2 nitrogen and oxygen atoms in total. The van der Waals surface area contributed by atoms with Crippen LogP contribution >= 0.6 is 0 Å². The van der Waals surface area contributed by atoms with Gasteiger partial charge in [-0.15, -0.1) is 0 Å². The molecule has 0 atom stereocenters. The van der Waals surface area contributed by atoms with Crippen molar-refractivity contribution < 1.29 is 4.39 Å². The molecule has 2 aliphatic rings. The molecule has 1 aromatic carbocycles. The molecule has 0 heterocycles. The summed E-state index contributed by atoms with van der Waals surface area (Å²) in [6, 6.07) is 6.30. The molecule has 0 aliphatic heterocycles. The second-order valence-electron chi connectivity index (χ2n) is 6.71. The normalized spacial score (nSPS) is 19.0. The van der Waals surface area contributed by atoms with E-state index in [4.69, 9.17) is 0 Å². The lowest BCUT2D eigenvalue weighted by Crippen LogP contribution is -2.32. The molecule has 2 fully saturated rings. The average molecular weight is 290 g/mol. The number of nitrogens with zero attached hydrogens (tertiary/aromatic N) is 1. The smallest absolute Gasteiger partial charge is 0.127 e. The molecular weight excluding hydrogens is 263 g/mol. The standard InChI is InChI=1S/C18H27FN2/c1-2-21(12-14-4-3-5-14)13-16-10-15(6-9-18(16)19)11-20-17-7-8-17/h6,9-10,14,17,20H,2-5,7-8,11-13H2,1H3. The van der Waals surface area contributed by atoms with Crippen molar-refractivity contribution in [3.05, 3.63) is 35.1 Å². The van der Waals surface area contributed by atoms with Gasteiger partial charge in [0.05, 0.1) is 0 Å². The van der Waals surface area contributed by atoms with Crippen molar-refractivity contribution in [2.45, 2.75) is 58.2 Å². The number of hydrogen-bond acceptors (Lipinski definition) is 2. The number of halogens is 1. The van der Waals surface area contributed by atoms with Crippen LogP contribution in [0.15, 0.2) is 18.2 Å². The van der Waals surface area contributed by atoms with Gasteiger partial charge in [0.25, 0.3) is 0 Å². The van der Waals surface area contributed by atoms with Gasteiger partial charge in [-0.25, -0.2) is 4.39 Å². The average Bonchev–Trinajstić information content (AvgIpc) is 3.26. The first-order chi connectivity index (χ1) is 10.2. The molecule has 0 unspecified atom stereocenters. The minimum absolute atomic E-state index is 0.0581. The van der Waals surface area contributed by atoms with Crippen molar-refractivity contribution in [2.75, 3.05) is 13.1 Å². The molecule has 0 bridgehead atoms. The lowest BCUT2D eigenvalue weighted by Gasteiger charge is -2.31. The van der Waals surface area contributed by atoms with E-state index in [1.807, 2.05) is 12.1 Å². The number of nitrogens with one attached hydrogen (secondary N) is 1. The van der Waals surface area contributed by atoms with Crippen molar-refractivity contribution in [3.63, 3.8) is 0 Å². The van der Waals surface area contributed by atoms with E-state index in [0.717, 1.165) is 37.7 Å². The molecule has 3 rings (SSSR count). The second-order valence-corrected chi connectivity index (χ2v) is 6.71. The van der Waals surface area contributed by atoms with E-state index in [1.165, 1.54) is 37.7 Å². The van der Waals surface area contributed by atoms with Crippen LogP contribution in [0, 0.1) is 11.7 Å². The Bertz CT molecular complexity index is 466. The Kier molecular flexibility index (Phi) is 4.91. The van der Waals surface area contributed by atoms with E-state index in [1.54, 1.807) is 6.07 Å². The molecule has 1 aromatic rings. The van der Waals surface area contributed by atoms with Crippen LogP contribution in [0.5, 0.6) is 0 Å². The van der Waals surface area contributed by atoms with Crippen LogP contribution < -0.4 is 5.32 Å². The third-order valence-electron chi connectivity index (χ3n) is 4.86. The molecule has 21 heavy (non-hydrogen) atoms. The summed E-state index contributed by atoms with van der Waals surface area (Å²) in [5, 5.41) is 3.50. The minimum atomic E-state index is -0.0581. The van der Waals surface area contributed by atoms with Gasteiger partial charge in [0.2, 0.25) is 0 Å². The Labute approximate surface area is 127 Å². The van der Waals surface area contributed by atoms with Crippen LogP contribution in [0.2, 0.25) is 0 Å². The van der Waals surface area contributed by atoms with Gasteiger partial charge < -0.3 is 5.32 Å². The van der Waals surface area contributed by atoms with Gasteiger partial charge in [0.15, 0.2) is 0 Å². The molecular formula is C18H27FN2. The lowest BCUT2D eigenvalue weighted by molar-refractivity contribution is 0.176. The Hall–Kier alpha value is -0.930. The highest BCUT2D eigenvalue weighted by atomic mass is 19.1. The van der Waals surface area contributed by atoms with Crippen LogP contribution in [0.3, 0.4) is 0 Å². The van der Waals surface area contributed by atoms with Crippen LogP contribution in [0.4, 0.5) is 4.39 Å². The first-order valence-corrected chi connectivity index (χ1v) is 8.47. The molecule has 0 radical (unpaired) electrons. The molecule has 0 aromatic heterocycles. The van der Waals surface area contributed by atoms with Crippen LogP contribution in [0.1, 0.15) is 50.2 Å². The largest absolute Gasteiger partial charge is 0.310 e. The Balaban J connectivity index is 1.59. The van der Waals surface area contributed by atoms with Gasteiger partial charge in [-0.3, -0.25) is 4.90 Å². The first-order valence-electron chi connectivity index (χ1n) is 8.47. The summed E-state index contributed by atoms with van der Waals surface area (Å²) in [5.74, 6) is 0.782. The predicted octanol–water partition coefficient (Wildman–Crippen LogP) is 3.70. The maximum atomic E-state index is 14.1. The van der Waals surface area contributed by atoms with E-state index in [9.17, 15) is 4.39 Å². The van der Waals surface area contributed by atoms with Crippen molar-refractivity contribution in [3.8, 4) is 0 Å². The summed E-state index contributed by atoms with van der Waals surface area (Å²) in [7, 11) is 0. The monoisotopic (exact) mass is 290 g/mol. The summed E-state index contributed by atoms with van der Waals surface area (Å²) in [6.45, 7) is 5.92. The maximum absolute atomic E-state index is 14.1. The highest BCUT2D eigenvalue weighted by Gasteiger charge is 2.21. The van der Waals surface area contributed by atoms with Crippen LogP contribution in [-0.2, 0) is 13.1 Å². The van der Waals surface area contributed by atoms with E-state index in [-0.39, 0.29) is 5.82 Å². The van der Waals surface area contributed by atoms with Crippen molar-refractivity contribution in [1.29, 1.82) is 0 Å². The van der Waals surface area contributed by atoms with Crippen LogP contribution in [-0.4, -0.2) is 24.0 Å². The van der Waals surface area contributed by atoms with E-state index < -0.39 is 0 Å². The zero-order valence-corrected chi connectivity index (χ0v) is 13.1. The molecule has 3 heteroatoms. The van der Waals surface area contributed by atoms with Crippen LogP contribution in [0.25, 0.3) is 0 Å². The lowest BCUT2D eigenvalue weighted by atomic mass is 9.85. The highest BCUT2D eigenvalue weighted by molar-refractivity contribution is 5.25. The maximum Gasteiger partial charge on any atom is 0.127 e. The summed E-state index contributed by atoms with van der Waals surface area (Å²) >= 11 is 0. The van der Waals surface area contributed by atoms with E-state index >= 15 is 0 Å². The summed E-state index contributed by atoms with van der Waals surface area (Å²) in [4.78, 5) is 2.39. The summed E-state index contributed by atoms with van der Waals surface area (Å²) in [5.41, 5.74) is 2.06. The topological polar surface area (TPSA) is 15.3 Å². The molecule has 0 saturated heterocycles. The van der Waals surface area contributed by atoms with E-state index in [2.05, 4.69) is 17.1 Å². The molecule has 116 valence electrons. The molecule has 2 saturated carbocycles. The van der Waals surface area contributed by atoms with E-state index in [0.29, 0.717) is 6.04 Å². The minimum Gasteiger partial charge on any atom is -0.310 e. The summed E-state index contributed by atoms with van der Waals surface area (Å²) < 4.78 is 14.1.